The summed E-state index contributed by atoms with van der Waals surface area (Å²) in [6, 6.07) is 23.0. The fourth-order valence-corrected chi connectivity index (χ4v) is 4.67. The predicted molar refractivity (Wildman–Crippen MR) is 141 cm³/mol. The van der Waals surface area contributed by atoms with Gasteiger partial charge in [-0.25, -0.2) is 4.79 Å². The standard InChI is InChI=1S/C30H21ClF3NO5/c31-27-11-6-21(14-26(27)29(37)38)20-3-1-2-19(12-20)17-39-24-9-10-25-22(13-24)16-35(28(25)36)15-18-4-7-23(8-5-18)40-30(32,33)34/h1-14H,15-17H2,(H,37,38). The van der Waals surface area contributed by atoms with E-state index in [9.17, 15) is 27.9 Å². The van der Waals surface area contributed by atoms with Crippen LogP contribution in [-0.2, 0) is 19.7 Å². The molecular formula is C30H21ClF3NO5. The Morgan fingerprint density at radius 3 is 2.35 bits per heavy atom. The van der Waals surface area contributed by atoms with Crippen molar-refractivity contribution >= 4 is 23.5 Å². The van der Waals surface area contributed by atoms with Crippen molar-refractivity contribution in [3.05, 3.63) is 118 Å². The third-order valence-electron chi connectivity index (χ3n) is 6.35. The van der Waals surface area contributed by atoms with Gasteiger partial charge in [0.2, 0.25) is 0 Å². The van der Waals surface area contributed by atoms with Crippen LogP contribution in [0.2, 0.25) is 5.02 Å². The van der Waals surface area contributed by atoms with Crippen LogP contribution in [-0.4, -0.2) is 28.2 Å². The van der Waals surface area contributed by atoms with E-state index in [0.717, 1.165) is 16.7 Å². The molecule has 0 bridgehead atoms. The normalized spacial score (nSPS) is 12.8. The van der Waals surface area contributed by atoms with E-state index >= 15 is 0 Å². The van der Waals surface area contributed by atoms with Gasteiger partial charge >= 0.3 is 12.3 Å². The Kier molecular flexibility index (Phi) is 7.40. The second-order valence-corrected chi connectivity index (χ2v) is 9.57. The van der Waals surface area contributed by atoms with Gasteiger partial charge in [-0.15, -0.1) is 13.2 Å². The number of carboxylic acid groups (broad SMARTS) is 1. The van der Waals surface area contributed by atoms with E-state index in [0.29, 0.717) is 29.0 Å². The molecule has 1 aliphatic heterocycles. The Balaban J connectivity index is 1.23. The molecule has 5 rings (SSSR count). The summed E-state index contributed by atoms with van der Waals surface area (Å²) in [4.78, 5) is 25.9. The number of carbonyl (C=O) groups is 2. The highest BCUT2D eigenvalue weighted by molar-refractivity contribution is 6.33. The predicted octanol–water partition coefficient (Wildman–Crippen LogP) is 7.34. The second kappa shape index (κ2) is 10.9. The number of hydrogen-bond acceptors (Lipinski definition) is 4. The third kappa shape index (κ3) is 6.21. The average molecular weight is 568 g/mol. The van der Waals surface area contributed by atoms with E-state index in [1.807, 2.05) is 24.3 Å². The van der Waals surface area contributed by atoms with Crippen LogP contribution in [0.1, 0.15) is 37.4 Å². The van der Waals surface area contributed by atoms with E-state index < -0.39 is 12.3 Å². The highest BCUT2D eigenvalue weighted by atomic mass is 35.5. The maximum Gasteiger partial charge on any atom is 0.573 e. The van der Waals surface area contributed by atoms with Gasteiger partial charge in [-0.1, -0.05) is 48.0 Å². The Morgan fingerprint density at radius 2 is 1.62 bits per heavy atom. The van der Waals surface area contributed by atoms with Crippen molar-refractivity contribution < 1.29 is 37.3 Å². The number of nitrogens with zero attached hydrogens (tertiary/aromatic N) is 1. The largest absolute Gasteiger partial charge is 0.573 e. The Hall–Kier alpha value is -4.50. The first-order valence-electron chi connectivity index (χ1n) is 12.1. The van der Waals surface area contributed by atoms with Gasteiger partial charge in [0.05, 0.1) is 10.6 Å². The van der Waals surface area contributed by atoms with Crippen LogP contribution in [0, 0.1) is 0 Å². The van der Waals surface area contributed by atoms with Crippen molar-refractivity contribution in [1.82, 2.24) is 4.90 Å². The minimum absolute atomic E-state index is 0.0232. The molecule has 0 aliphatic carbocycles. The number of hydrogen-bond donors (Lipinski definition) is 1. The lowest BCUT2D eigenvalue weighted by Crippen LogP contribution is -2.23. The quantitative estimate of drug-likeness (QED) is 0.241. The van der Waals surface area contributed by atoms with Gasteiger partial charge in [0.1, 0.15) is 18.1 Å². The lowest BCUT2D eigenvalue weighted by atomic mass is 10.0. The highest BCUT2D eigenvalue weighted by Gasteiger charge is 2.31. The van der Waals surface area contributed by atoms with Crippen LogP contribution in [0.25, 0.3) is 11.1 Å². The molecule has 1 amide bonds. The number of fused-ring (bicyclic) bond motifs is 1. The molecule has 1 aliphatic rings. The maximum absolute atomic E-state index is 12.9. The summed E-state index contributed by atoms with van der Waals surface area (Å²) in [6.45, 7) is 0.817. The zero-order valence-electron chi connectivity index (χ0n) is 20.7. The molecule has 0 spiro atoms. The summed E-state index contributed by atoms with van der Waals surface area (Å²) in [5.74, 6) is -1.02. The molecule has 0 atom stereocenters. The van der Waals surface area contributed by atoms with Gasteiger partial charge in [0.25, 0.3) is 5.91 Å². The lowest BCUT2D eigenvalue weighted by Gasteiger charge is -2.16. The van der Waals surface area contributed by atoms with Gasteiger partial charge in [-0.05, 0) is 76.3 Å². The van der Waals surface area contributed by atoms with Crippen molar-refractivity contribution in [2.24, 2.45) is 0 Å². The van der Waals surface area contributed by atoms with Crippen LogP contribution in [0.3, 0.4) is 0 Å². The Labute approximate surface area is 232 Å². The summed E-state index contributed by atoms with van der Waals surface area (Å²) < 4.78 is 47.0. The van der Waals surface area contributed by atoms with Gasteiger partial charge < -0.3 is 19.5 Å². The molecule has 4 aromatic rings. The van der Waals surface area contributed by atoms with Crippen LogP contribution in [0.15, 0.2) is 84.9 Å². The van der Waals surface area contributed by atoms with Crippen molar-refractivity contribution in [3.63, 3.8) is 0 Å². The molecule has 0 saturated heterocycles. The molecule has 1 N–H and O–H groups in total. The fraction of sp³-hybridized carbons (Fsp3) is 0.133. The molecule has 204 valence electrons. The summed E-state index contributed by atoms with van der Waals surface area (Å²) >= 11 is 5.99. The molecule has 4 aromatic carbocycles. The van der Waals surface area contributed by atoms with E-state index in [2.05, 4.69) is 4.74 Å². The molecule has 1 heterocycles. The first-order valence-corrected chi connectivity index (χ1v) is 12.5. The molecular weight excluding hydrogens is 547 g/mol. The molecule has 40 heavy (non-hydrogen) atoms. The van der Waals surface area contributed by atoms with E-state index in [1.165, 1.54) is 30.3 Å². The van der Waals surface area contributed by atoms with E-state index in [4.69, 9.17) is 16.3 Å². The number of aromatic carboxylic acids is 1. The molecule has 0 saturated carbocycles. The van der Waals surface area contributed by atoms with Gasteiger partial charge in [-0.3, -0.25) is 4.79 Å². The van der Waals surface area contributed by atoms with Gasteiger partial charge in [-0.2, -0.15) is 0 Å². The van der Waals surface area contributed by atoms with Crippen molar-refractivity contribution in [2.45, 2.75) is 26.1 Å². The number of carboxylic acids is 1. The monoisotopic (exact) mass is 567 g/mol. The zero-order valence-corrected chi connectivity index (χ0v) is 21.5. The first kappa shape index (κ1) is 27.1. The first-order chi connectivity index (χ1) is 19.1. The average Bonchev–Trinajstić information content (AvgIpc) is 3.22. The smallest absolute Gasteiger partial charge is 0.489 e. The lowest BCUT2D eigenvalue weighted by molar-refractivity contribution is -0.274. The topological polar surface area (TPSA) is 76.1 Å². The fourth-order valence-electron chi connectivity index (χ4n) is 4.47. The number of benzene rings is 4. The Morgan fingerprint density at radius 1 is 0.900 bits per heavy atom. The Bertz CT molecular complexity index is 1590. The summed E-state index contributed by atoms with van der Waals surface area (Å²) in [5, 5.41) is 9.52. The number of ether oxygens (including phenoxy) is 2. The number of halogens is 4. The molecule has 10 heteroatoms. The summed E-state index contributed by atoms with van der Waals surface area (Å²) in [5.41, 5.74) is 4.41. The zero-order chi connectivity index (χ0) is 28.4. The number of rotatable bonds is 8. The minimum Gasteiger partial charge on any atom is -0.489 e. The molecule has 0 radical (unpaired) electrons. The molecule has 0 unspecified atom stereocenters. The van der Waals surface area contributed by atoms with E-state index in [-0.39, 0.29) is 35.4 Å². The van der Waals surface area contributed by atoms with Crippen LogP contribution >= 0.6 is 11.6 Å². The van der Waals surface area contributed by atoms with Crippen LogP contribution in [0.5, 0.6) is 11.5 Å². The van der Waals surface area contributed by atoms with Crippen molar-refractivity contribution in [2.75, 3.05) is 0 Å². The molecule has 0 aromatic heterocycles. The number of alkyl halides is 3. The summed E-state index contributed by atoms with van der Waals surface area (Å²) in [6.07, 6.45) is -4.76. The highest BCUT2D eigenvalue weighted by Crippen LogP contribution is 2.30. The SMILES string of the molecule is O=C(O)c1cc(-c2cccc(COc3ccc4c(c3)CN(Cc3ccc(OC(F)(F)F)cc3)C4=O)c2)ccc1Cl. The number of carbonyl (C=O) groups excluding carboxylic acids is 1. The third-order valence-corrected chi connectivity index (χ3v) is 6.68. The van der Waals surface area contributed by atoms with Crippen molar-refractivity contribution in [1.29, 1.82) is 0 Å². The second-order valence-electron chi connectivity index (χ2n) is 9.16. The van der Waals surface area contributed by atoms with Crippen molar-refractivity contribution in [3.8, 4) is 22.6 Å². The van der Waals surface area contributed by atoms with Gasteiger partial charge in [0, 0.05) is 18.7 Å². The minimum atomic E-state index is -4.76. The van der Waals surface area contributed by atoms with Crippen LogP contribution in [0.4, 0.5) is 13.2 Å². The van der Waals surface area contributed by atoms with Gasteiger partial charge in [0.15, 0.2) is 0 Å². The van der Waals surface area contributed by atoms with Crippen LogP contribution < -0.4 is 9.47 Å². The molecule has 0 fully saturated rings. The maximum atomic E-state index is 12.9. The van der Waals surface area contributed by atoms with E-state index in [1.54, 1.807) is 35.2 Å². The number of amides is 1. The summed E-state index contributed by atoms with van der Waals surface area (Å²) in [7, 11) is 0. The molecule has 6 nitrogen and oxygen atoms in total.